The second-order valence-electron chi connectivity index (χ2n) is 6.18. The van der Waals surface area contributed by atoms with Crippen LogP contribution in [-0.4, -0.2) is 21.6 Å². The number of benzene rings is 1. The van der Waals surface area contributed by atoms with Crippen LogP contribution in [0, 0.1) is 0 Å². The van der Waals surface area contributed by atoms with Crippen molar-refractivity contribution >= 4 is 10.1 Å². The average Bonchev–Trinajstić information content (AvgIpc) is 2.61. The van der Waals surface area contributed by atoms with Crippen LogP contribution >= 0.6 is 0 Å². The van der Waals surface area contributed by atoms with Gasteiger partial charge < -0.3 is 5.73 Å². The van der Waals surface area contributed by atoms with Crippen LogP contribution in [-0.2, 0) is 14.3 Å². The second kappa shape index (κ2) is 16.6. The highest BCUT2D eigenvalue weighted by Gasteiger charge is 2.13. The van der Waals surface area contributed by atoms with Gasteiger partial charge in [0.1, 0.15) is 0 Å². The van der Waals surface area contributed by atoms with Crippen molar-refractivity contribution < 1.29 is 12.6 Å². The molecule has 1 rings (SSSR count). The molecule has 0 saturated heterocycles. The highest BCUT2D eigenvalue weighted by Crippen LogP contribution is 2.13. The molecule has 0 aromatic heterocycles. The summed E-state index contributed by atoms with van der Waals surface area (Å²) in [6.45, 7) is 5.17. The van der Waals surface area contributed by atoms with Crippen LogP contribution in [0.4, 0.5) is 0 Å². The van der Waals surface area contributed by atoms with Crippen molar-refractivity contribution in [1.82, 2.24) is 0 Å². The van der Waals surface area contributed by atoms with Crippen molar-refractivity contribution in [3.8, 4) is 0 Å². The van der Waals surface area contributed by atoms with E-state index >= 15 is 0 Å². The summed E-state index contributed by atoms with van der Waals surface area (Å²) >= 11 is 0. The zero-order valence-electron chi connectivity index (χ0n) is 16.1. The van der Waals surface area contributed by atoms with E-state index in [1.807, 2.05) is 6.92 Å². The van der Waals surface area contributed by atoms with Gasteiger partial charge in [-0.2, -0.15) is 8.42 Å². The molecule has 0 aliphatic carbocycles. The highest BCUT2D eigenvalue weighted by molar-refractivity contribution is 7.86. The molecule has 0 atom stereocenters. The summed E-state index contributed by atoms with van der Waals surface area (Å²) < 4.78 is 28.8. The third-order valence-corrected chi connectivity index (χ3v) is 5.09. The van der Waals surface area contributed by atoms with E-state index in [9.17, 15) is 8.42 Å². The van der Waals surface area contributed by atoms with Gasteiger partial charge in [-0.1, -0.05) is 89.8 Å². The molecule has 0 aliphatic heterocycles. The molecule has 4 nitrogen and oxygen atoms in total. The fourth-order valence-corrected chi connectivity index (χ4v) is 3.38. The van der Waals surface area contributed by atoms with Crippen LogP contribution in [0.2, 0.25) is 0 Å². The molecule has 2 N–H and O–H groups in total. The third-order valence-electron chi connectivity index (χ3n) is 3.77. The van der Waals surface area contributed by atoms with Crippen molar-refractivity contribution in [2.45, 2.75) is 83.0 Å². The maximum atomic E-state index is 11.9. The maximum absolute atomic E-state index is 11.9. The number of hydrogen-bond donors (Lipinski definition) is 1. The Morgan fingerprint density at radius 1 is 0.800 bits per heavy atom. The van der Waals surface area contributed by atoms with E-state index in [4.69, 9.17) is 9.92 Å². The molecule has 0 bridgehead atoms. The minimum atomic E-state index is -3.57. The van der Waals surface area contributed by atoms with Crippen LogP contribution in [0.25, 0.3) is 0 Å². The van der Waals surface area contributed by atoms with Crippen LogP contribution < -0.4 is 5.73 Å². The molecule has 0 heterocycles. The molecular formula is C20H37NO3S. The molecule has 146 valence electrons. The Hall–Kier alpha value is -0.910. The van der Waals surface area contributed by atoms with Gasteiger partial charge in [-0.25, -0.2) is 0 Å². The number of unbranched alkanes of at least 4 members (excludes halogenated alkanes) is 9. The number of nitrogens with two attached hydrogens (primary N) is 1. The quantitative estimate of drug-likeness (QED) is 0.378. The van der Waals surface area contributed by atoms with Crippen LogP contribution in [0.3, 0.4) is 0 Å². The Morgan fingerprint density at radius 3 is 1.72 bits per heavy atom. The normalized spacial score (nSPS) is 11.0. The average molecular weight is 372 g/mol. The van der Waals surface area contributed by atoms with Crippen molar-refractivity contribution in [2.24, 2.45) is 5.73 Å². The second-order valence-corrected chi connectivity index (χ2v) is 7.79. The molecule has 25 heavy (non-hydrogen) atoms. The monoisotopic (exact) mass is 371 g/mol. The minimum absolute atomic E-state index is 0.238. The summed E-state index contributed by atoms with van der Waals surface area (Å²) in [6, 6.07) is 8.33. The lowest BCUT2D eigenvalue weighted by Crippen LogP contribution is -2.07. The lowest BCUT2D eigenvalue weighted by atomic mass is 10.1. The third kappa shape index (κ3) is 14.0. The minimum Gasteiger partial charge on any atom is -0.331 e. The Labute approximate surface area is 155 Å². The molecule has 5 heteroatoms. The summed E-state index contributed by atoms with van der Waals surface area (Å²) in [5.74, 6) is 0. The van der Waals surface area contributed by atoms with E-state index in [1.165, 1.54) is 51.4 Å². The highest BCUT2D eigenvalue weighted by atomic mass is 32.2. The van der Waals surface area contributed by atoms with Gasteiger partial charge in [-0.3, -0.25) is 4.18 Å². The zero-order valence-corrected chi connectivity index (χ0v) is 16.9. The Bertz CT molecular complexity index is 489. The van der Waals surface area contributed by atoms with Crippen LogP contribution in [0.1, 0.15) is 78.1 Å². The predicted molar refractivity (Wildman–Crippen MR) is 106 cm³/mol. The summed E-state index contributed by atoms with van der Waals surface area (Å²) in [5.41, 5.74) is 4.85. The lowest BCUT2D eigenvalue weighted by molar-refractivity contribution is 0.306. The SMILES string of the molecule is CCCCCCCCCCCCOS(=O)(=O)c1ccccc1.CCN. The fourth-order valence-electron chi connectivity index (χ4n) is 2.41. The first kappa shape index (κ1) is 24.1. The molecule has 0 amide bonds. The van der Waals surface area contributed by atoms with Gasteiger partial charge in [0.05, 0.1) is 11.5 Å². The smallest absolute Gasteiger partial charge is 0.296 e. The summed E-state index contributed by atoms with van der Waals surface area (Å²) in [7, 11) is -3.57. The van der Waals surface area contributed by atoms with Crippen molar-refractivity contribution in [3.63, 3.8) is 0 Å². The Balaban J connectivity index is 0.00000178. The molecule has 1 aromatic rings. The molecule has 0 saturated carbocycles. The molecule has 1 aromatic carbocycles. The largest absolute Gasteiger partial charge is 0.331 e. The Morgan fingerprint density at radius 2 is 1.24 bits per heavy atom. The first-order chi connectivity index (χ1) is 12.1. The van der Waals surface area contributed by atoms with Gasteiger partial charge in [-0.15, -0.1) is 0 Å². The van der Waals surface area contributed by atoms with Crippen molar-refractivity contribution in [3.05, 3.63) is 30.3 Å². The van der Waals surface area contributed by atoms with Gasteiger partial charge >= 0.3 is 0 Å². The summed E-state index contributed by atoms with van der Waals surface area (Å²) in [6.07, 6.45) is 12.3. The number of rotatable bonds is 13. The van der Waals surface area contributed by atoms with Gasteiger partial charge in [0.25, 0.3) is 10.1 Å². The molecule has 0 spiro atoms. The van der Waals surface area contributed by atoms with E-state index < -0.39 is 10.1 Å². The first-order valence-electron chi connectivity index (χ1n) is 9.73. The van der Waals surface area contributed by atoms with Gasteiger partial charge in [-0.05, 0) is 25.1 Å². The number of hydrogen-bond acceptors (Lipinski definition) is 4. The topological polar surface area (TPSA) is 69.4 Å². The first-order valence-corrected chi connectivity index (χ1v) is 11.1. The van der Waals surface area contributed by atoms with Crippen LogP contribution in [0.15, 0.2) is 35.2 Å². The fraction of sp³-hybridized carbons (Fsp3) is 0.700. The zero-order chi connectivity index (χ0) is 18.8. The maximum Gasteiger partial charge on any atom is 0.296 e. The lowest BCUT2D eigenvalue weighted by Gasteiger charge is -2.05. The van der Waals surface area contributed by atoms with Gasteiger partial charge in [0.15, 0.2) is 0 Å². The molecule has 0 radical (unpaired) electrons. The van der Waals surface area contributed by atoms with E-state index in [-0.39, 0.29) is 11.5 Å². The Kier molecular flexibility index (Phi) is 16.0. The van der Waals surface area contributed by atoms with Crippen molar-refractivity contribution in [1.29, 1.82) is 0 Å². The summed E-state index contributed by atoms with van der Waals surface area (Å²) in [4.78, 5) is 0.238. The molecule has 0 aliphatic rings. The van der Waals surface area contributed by atoms with E-state index in [0.717, 1.165) is 19.4 Å². The molecule has 0 fully saturated rings. The predicted octanol–water partition coefficient (Wildman–Crippen LogP) is 5.28. The summed E-state index contributed by atoms with van der Waals surface area (Å²) in [5, 5.41) is 0. The molecular weight excluding hydrogens is 334 g/mol. The molecule has 0 unspecified atom stereocenters. The van der Waals surface area contributed by atoms with Crippen molar-refractivity contribution in [2.75, 3.05) is 13.2 Å². The van der Waals surface area contributed by atoms with E-state index in [2.05, 4.69) is 6.92 Å². The van der Waals surface area contributed by atoms with Gasteiger partial charge in [0.2, 0.25) is 0 Å². The van der Waals surface area contributed by atoms with Crippen LogP contribution in [0.5, 0.6) is 0 Å². The standard InChI is InChI=1S/C18H30O3S.C2H7N/c1-2-3-4-5-6-7-8-9-10-14-17-21-22(19,20)18-15-12-11-13-16-18;1-2-3/h11-13,15-16H,2-10,14,17H2,1H3;2-3H2,1H3. The van der Waals surface area contributed by atoms with E-state index in [0.29, 0.717) is 0 Å². The van der Waals surface area contributed by atoms with Gasteiger partial charge in [0, 0.05) is 0 Å². The van der Waals surface area contributed by atoms with E-state index in [1.54, 1.807) is 30.3 Å².